The minimum absolute atomic E-state index is 0.256. The minimum Gasteiger partial charge on any atom is -0.481 e. The predicted octanol–water partition coefficient (Wildman–Crippen LogP) is 12.2. The fourth-order valence-electron chi connectivity index (χ4n) is 6.63. The van der Waals surface area contributed by atoms with Crippen LogP contribution in [0.2, 0.25) is 20.1 Å². The van der Waals surface area contributed by atoms with E-state index in [4.69, 9.17) is 55.9 Å². The van der Waals surface area contributed by atoms with Crippen LogP contribution in [0, 0.1) is 0 Å². The molecular formula is C41H26Br2Cl4N2O4. The molecule has 0 heterocycles. The van der Waals surface area contributed by atoms with Crippen LogP contribution in [-0.4, -0.2) is 25.0 Å². The molecule has 7 rings (SSSR count). The van der Waals surface area contributed by atoms with Crippen molar-refractivity contribution in [3.63, 3.8) is 0 Å². The molecule has 0 unspecified atom stereocenters. The molecular weight excluding hydrogens is 886 g/mol. The number of halogens is 6. The van der Waals surface area contributed by atoms with Crippen LogP contribution in [0.4, 0.5) is 11.4 Å². The van der Waals surface area contributed by atoms with Crippen LogP contribution in [-0.2, 0) is 15.0 Å². The normalized spacial score (nSPS) is 12.4. The monoisotopic (exact) mass is 908 g/mol. The van der Waals surface area contributed by atoms with Crippen LogP contribution >= 0.6 is 78.3 Å². The quantitative estimate of drug-likeness (QED) is 0.143. The molecule has 0 spiro atoms. The van der Waals surface area contributed by atoms with Gasteiger partial charge in [0.1, 0.15) is 0 Å². The molecule has 6 aromatic rings. The summed E-state index contributed by atoms with van der Waals surface area (Å²) >= 11 is 31.4. The molecule has 0 bridgehead atoms. The number of ether oxygens (including phenoxy) is 2. The van der Waals surface area contributed by atoms with Crippen molar-refractivity contribution in [3.8, 4) is 22.6 Å². The molecule has 6 aromatic carbocycles. The Morgan fingerprint density at radius 3 is 1.30 bits per heavy atom. The fraction of sp³-hybridized carbons (Fsp3) is 0.0732. The second-order valence-corrected chi connectivity index (χ2v) is 15.5. The molecule has 0 aliphatic heterocycles. The molecule has 1 aliphatic carbocycles. The van der Waals surface area contributed by atoms with Crippen molar-refractivity contribution in [1.29, 1.82) is 0 Å². The number of nitrogens with one attached hydrogen (secondary N) is 2. The smallest absolute Gasteiger partial charge is 0.262 e. The second-order valence-electron chi connectivity index (χ2n) is 12.1. The van der Waals surface area contributed by atoms with E-state index in [9.17, 15) is 9.59 Å². The molecule has 0 radical (unpaired) electrons. The summed E-state index contributed by atoms with van der Waals surface area (Å²) in [6.07, 6.45) is 0. The lowest BCUT2D eigenvalue weighted by Gasteiger charge is -2.34. The van der Waals surface area contributed by atoms with Gasteiger partial charge in [-0.05, 0) is 114 Å². The zero-order chi connectivity index (χ0) is 37.3. The number of hydrogen-bond acceptors (Lipinski definition) is 4. The summed E-state index contributed by atoms with van der Waals surface area (Å²) in [5, 5.41) is 7.30. The highest BCUT2D eigenvalue weighted by atomic mass is 79.9. The Morgan fingerprint density at radius 1 is 0.547 bits per heavy atom. The first-order valence-electron chi connectivity index (χ1n) is 16.1. The Labute approximate surface area is 342 Å². The highest BCUT2D eigenvalue weighted by molar-refractivity contribution is 9.11. The van der Waals surface area contributed by atoms with Crippen molar-refractivity contribution in [2.45, 2.75) is 5.41 Å². The molecule has 1 aliphatic rings. The summed E-state index contributed by atoms with van der Waals surface area (Å²) in [6, 6.07) is 38.7. The van der Waals surface area contributed by atoms with Gasteiger partial charge in [0.25, 0.3) is 11.8 Å². The summed E-state index contributed by atoms with van der Waals surface area (Å²) < 4.78 is 12.5. The summed E-state index contributed by atoms with van der Waals surface area (Å²) in [5.41, 5.74) is 7.00. The number of hydrogen-bond donors (Lipinski definition) is 2. The number of rotatable bonds is 10. The summed E-state index contributed by atoms with van der Waals surface area (Å²) in [4.78, 5) is 25.8. The van der Waals surface area contributed by atoms with Gasteiger partial charge in [-0.15, -0.1) is 0 Å². The Kier molecular flexibility index (Phi) is 11.1. The third kappa shape index (κ3) is 7.54. The van der Waals surface area contributed by atoms with Crippen LogP contribution in [0.1, 0.15) is 22.3 Å². The zero-order valence-corrected chi connectivity index (χ0v) is 33.6. The maximum Gasteiger partial charge on any atom is 0.262 e. The number of benzene rings is 6. The number of fused-ring (bicyclic) bond motifs is 3. The molecule has 0 fully saturated rings. The highest BCUT2D eigenvalue weighted by Gasteiger charge is 2.45. The lowest BCUT2D eigenvalue weighted by molar-refractivity contribution is -0.118. The zero-order valence-electron chi connectivity index (χ0n) is 27.4. The van der Waals surface area contributed by atoms with Crippen LogP contribution in [0.15, 0.2) is 130 Å². The number of carbonyl (C=O) groups excluding carboxylic acids is 2. The van der Waals surface area contributed by atoms with E-state index in [1.54, 1.807) is 24.3 Å². The standard InChI is InChI=1S/C41H26Br2Cl4N2O4/c42-33-17-25(44)19-35(46)39(33)52-21-37(50)48-27-13-9-23(10-14-27)41(31-7-3-1-5-29(31)30-6-2-4-8-32(30)41)24-11-15-28(16-12-24)49-38(51)22-53-40-34(43)18-26(45)20-36(40)47/h1-20H,21-22H2,(H,48,50)(H,49,51). The first kappa shape index (κ1) is 37.3. The van der Waals surface area contributed by atoms with Crippen molar-refractivity contribution in [1.82, 2.24) is 0 Å². The Balaban J connectivity index is 1.15. The Hall–Kier alpha value is -4.02. The largest absolute Gasteiger partial charge is 0.481 e. The van der Waals surface area contributed by atoms with Gasteiger partial charge in [-0.2, -0.15) is 0 Å². The lowest BCUT2D eigenvalue weighted by atomic mass is 9.67. The average molecular weight is 912 g/mol. The first-order valence-corrected chi connectivity index (χ1v) is 19.2. The van der Waals surface area contributed by atoms with E-state index < -0.39 is 5.41 Å². The van der Waals surface area contributed by atoms with Crippen molar-refractivity contribution in [2.24, 2.45) is 0 Å². The lowest BCUT2D eigenvalue weighted by Crippen LogP contribution is -2.28. The molecule has 0 aromatic heterocycles. The molecule has 12 heteroatoms. The van der Waals surface area contributed by atoms with E-state index in [1.165, 1.54) is 0 Å². The maximum absolute atomic E-state index is 12.9. The van der Waals surface area contributed by atoms with Crippen LogP contribution in [0.5, 0.6) is 11.5 Å². The van der Waals surface area contributed by atoms with Gasteiger partial charge in [0.05, 0.1) is 24.4 Å². The van der Waals surface area contributed by atoms with E-state index in [0.717, 1.165) is 33.4 Å². The summed E-state index contributed by atoms with van der Waals surface area (Å²) in [7, 11) is 0. The van der Waals surface area contributed by atoms with Gasteiger partial charge in [-0.1, -0.05) is 119 Å². The summed E-state index contributed by atoms with van der Waals surface area (Å²) in [5.74, 6) is -0.0445. The van der Waals surface area contributed by atoms with Crippen molar-refractivity contribution in [3.05, 3.63) is 173 Å². The molecule has 0 saturated carbocycles. The van der Waals surface area contributed by atoms with E-state index in [0.29, 0.717) is 51.9 Å². The van der Waals surface area contributed by atoms with Gasteiger partial charge < -0.3 is 20.1 Å². The van der Waals surface area contributed by atoms with Crippen LogP contribution in [0.25, 0.3) is 11.1 Å². The third-order valence-corrected chi connectivity index (χ3v) is 11.0. The number of amides is 2. The molecule has 0 saturated heterocycles. The van der Waals surface area contributed by atoms with Crippen LogP contribution in [0.3, 0.4) is 0 Å². The number of anilines is 2. The van der Waals surface area contributed by atoms with Gasteiger partial charge in [0.15, 0.2) is 24.7 Å². The van der Waals surface area contributed by atoms with Crippen molar-refractivity contribution in [2.75, 3.05) is 23.8 Å². The fourth-order valence-corrected chi connectivity index (χ4v) is 9.37. The highest BCUT2D eigenvalue weighted by Crippen LogP contribution is 2.56. The molecule has 6 nitrogen and oxygen atoms in total. The van der Waals surface area contributed by atoms with Gasteiger partial charge in [-0.25, -0.2) is 0 Å². The van der Waals surface area contributed by atoms with Gasteiger partial charge in [-0.3, -0.25) is 9.59 Å². The van der Waals surface area contributed by atoms with E-state index in [2.05, 4.69) is 66.8 Å². The minimum atomic E-state index is -0.695. The van der Waals surface area contributed by atoms with Crippen molar-refractivity contribution >= 4 is 101 Å². The van der Waals surface area contributed by atoms with E-state index >= 15 is 0 Å². The Morgan fingerprint density at radius 2 is 0.925 bits per heavy atom. The Bertz CT molecular complexity index is 2160. The molecule has 0 atom stereocenters. The maximum atomic E-state index is 12.9. The molecule has 53 heavy (non-hydrogen) atoms. The van der Waals surface area contributed by atoms with Crippen LogP contribution < -0.4 is 20.1 Å². The SMILES string of the molecule is O=C(COc1c(Cl)cc(Cl)cc1Br)Nc1ccc(C2(c3ccc(NC(=O)COc4c(Cl)cc(Cl)cc4Br)cc3)c3ccccc3-c3ccccc32)cc1. The molecule has 2 amide bonds. The average Bonchev–Trinajstić information content (AvgIpc) is 3.42. The third-order valence-electron chi connectivity index (χ3n) is 8.78. The predicted molar refractivity (Wildman–Crippen MR) is 220 cm³/mol. The number of carbonyl (C=O) groups is 2. The molecule has 2 N–H and O–H groups in total. The van der Waals surface area contributed by atoms with Gasteiger partial charge >= 0.3 is 0 Å². The topological polar surface area (TPSA) is 76.7 Å². The first-order chi connectivity index (χ1) is 25.5. The van der Waals surface area contributed by atoms with E-state index in [-0.39, 0.29) is 25.0 Å². The van der Waals surface area contributed by atoms with Gasteiger partial charge in [0, 0.05) is 21.4 Å². The van der Waals surface area contributed by atoms with E-state index in [1.807, 2.05) is 72.8 Å². The van der Waals surface area contributed by atoms with Gasteiger partial charge in [0.2, 0.25) is 0 Å². The summed E-state index contributed by atoms with van der Waals surface area (Å²) in [6.45, 7) is -0.512. The molecule has 266 valence electrons. The second kappa shape index (κ2) is 15.8. The van der Waals surface area contributed by atoms with Crippen molar-refractivity contribution < 1.29 is 19.1 Å².